The summed E-state index contributed by atoms with van der Waals surface area (Å²) in [7, 11) is 0. The van der Waals surface area contributed by atoms with Crippen LogP contribution in [0.5, 0.6) is 0 Å². The van der Waals surface area contributed by atoms with Gasteiger partial charge < -0.3 is 9.97 Å². The Balaban J connectivity index is 1.58. The third-order valence-corrected chi connectivity index (χ3v) is 4.25. The average molecular weight is 294 g/mol. The Morgan fingerprint density at radius 1 is 1.27 bits per heavy atom. The molecule has 1 aliphatic rings. The Bertz CT molecular complexity index is 860. The molecule has 5 nitrogen and oxygen atoms in total. The lowest BCUT2D eigenvalue weighted by molar-refractivity contribution is 0.239. The van der Waals surface area contributed by atoms with E-state index in [1.807, 2.05) is 19.1 Å². The van der Waals surface area contributed by atoms with Gasteiger partial charge in [-0.2, -0.15) is 0 Å². The molecule has 0 aliphatic carbocycles. The highest BCUT2D eigenvalue weighted by atomic mass is 16.1. The predicted octanol–water partition coefficient (Wildman–Crippen LogP) is 2.12. The van der Waals surface area contributed by atoms with Crippen LogP contribution in [0.25, 0.3) is 10.9 Å². The van der Waals surface area contributed by atoms with Crippen LogP contribution in [0, 0.1) is 6.92 Å². The lowest BCUT2D eigenvalue weighted by Crippen LogP contribution is -2.35. The molecule has 0 amide bonds. The van der Waals surface area contributed by atoms with Crippen LogP contribution >= 0.6 is 0 Å². The first-order chi connectivity index (χ1) is 10.7. The molecule has 0 unspecified atom stereocenters. The van der Waals surface area contributed by atoms with Gasteiger partial charge in [-0.1, -0.05) is 18.2 Å². The van der Waals surface area contributed by atoms with E-state index in [1.54, 1.807) is 0 Å². The second kappa shape index (κ2) is 5.10. The Morgan fingerprint density at radius 3 is 3.00 bits per heavy atom. The van der Waals surface area contributed by atoms with Gasteiger partial charge in [-0.05, 0) is 24.4 Å². The van der Waals surface area contributed by atoms with Crippen LogP contribution in [-0.4, -0.2) is 26.4 Å². The van der Waals surface area contributed by atoms with Crippen molar-refractivity contribution in [3.05, 3.63) is 63.5 Å². The quantitative estimate of drug-likeness (QED) is 0.761. The fraction of sp³-hybridized carbons (Fsp3) is 0.294. The monoisotopic (exact) mass is 294 g/mol. The van der Waals surface area contributed by atoms with Gasteiger partial charge in [0.25, 0.3) is 5.56 Å². The smallest absolute Gasteiger partial charge is 0.255 e. The fourth-order valence-corrected chi connectivity index (χ4v) is 3.20. The second-order valence-corrected chi connectivity index (χ2v) is 5.92. The zero-order valence-electron chi connectivity index (χ0n) is 12.5. The highest BCUT2D eigenvalue weighted by molar-refractivity contribution is 5.80. The molecule has 0 atom stereocenters. The molecule has 4 rings (SSSR count). The van der Waals surface area contributed by atoms with E-state index in [1.165, 1.54) is 11.1 Å². The molecule has 0 bridgehead atoms. The maximum Gasteiger partial charge on any atom is 0.255 e. The van der Waals surface area contributed by atoms with Gasteiger partial charge in [0.15, 0.2) is 0 Å². The minimum absolute atomic E-state index is 0.00356. The maximum atomic E-state index is 12.1. The third-order valence-electron chi connectivity index (χ3n) is 4.25. The second-order valence-electron chi connectivity index (χ2n) is 5.92. The van der Waals surface area contributed by atoms with Crippen LogP contribution in [0.15, 0.2) is 35.1 Å². The zero-order valence-corrected chi connectivity index (χ0v) is 12.5. The summed E-state index contributed by atoms with van der Waals surface area (Å²) < 4.78 is 0. The third kappa shape index (κ3) is 2.33. The summed E-state index contributed by atoms with van der Waals surface area (Å²) in [5, 5.41) is 1.23. The van der Waals surface area contributed by atoms with Crippen molar-refractivity contribution in [3.63, 3.8) is 0 Å². The van der Waals surface area contributed by atoms with Gasteiger partial charge in [-0.25, -0.2) is 4.98 Å². The lowest BCUT2D eigenvalue weighted by Gasteiger charge is -2.27. The molecular weight excluding hydrogens is 276 g/mol. The summed E-state index contributed by atoms with van der Waals surface area (Å²) in [5.41, 5.74) is 4.11. The number of rotatable bonds is 2. The molecular formula is C17H18N4O. The number of hydrogen-bond acceptors (Lipinski definition) is 3. The molecule has 5 heteroatoms. The van der Waals surface area contributed by atoms with E-state index >= 15 is 0 Å². The number of fused-ring (bicyclic) bond motifs is 2. The van der Waals surface area contributed by atoms with Crippen molar-refractivity contribution in [2.45, 2.75) is 26.4 Å². The normalized spacial score (nSPS) is 15.1. The van der Waals surface area contributed by atoms with Crippen LogP contribution in [-0.2, 0) is 19.5 Å². The van der Waals surface area contributed by atoms with E-state index in [0.717, 1.165) is 36.3 Å². The van der Waals surface area contributed by atoms with Crippen molar-refractivity contribution < 1.29 is 0 Å². The summed E-state index contributed by atoms with van der Waals surface area (Å²) in [5.74, 6) is 0.702. The van der Waals surface area contributed by atoms with Crippen LogP contribution in [0.1, 0.15) is 22.8 Å². The number of benzene rings is 1. The van der Waals surface area contributed by atoms with Crippen molar-refractivity contribution in [1.82, 2.24) is 19.9 Å². The molecule has 3 heterocycles. The van der Waals surface area contributed by atoms with Gasteiger partial charge in [0.05, 0.1) is 11.3 Å². The molecule has 0 saturated carbocycles. The first-order valence-electron chi connectivity index (χ1n) is 7.57. The number of nitrogens with zero attached hydrogens (tertiary/aromatic N) is 2. The molecule has 2 aromatic heterocycles. The molecule has 112 valence electrons. The SMILES string of the molecule is Cc1nc2c(c(=O)[nH]1)CN(Cc1cc3ccccc3[nH]1)CC2. The summed E-state index contributed by atoms with van der Waals surface area (Å²) in [6.45, 7) is 4.24. The van der Waals surface area contributed by atoms with Crippen molar-refractivity contribution in [3.8, 4) is 0 Å². The van der Waals surface area contributed by atoms with Crippen molar-refractivity contribution in [2.24, 2.45) is 0 Å². The summed E-state index contributed by atoms with van der Waals surface area (Å²) in [6, 6.07) is 10.5. The average Bonchev–Trinajstić information content (AvgIpc) is 2.90. The number of H-pyrrole nitrogens is 2. The van der Waals surface area contributed by atoms with Gasteiger partial charge in [-0.3, -0.25) is 9.69 Å². The molecule has 0 radical (unpaired) electrons. The minimum Gasteiger partial charge on any atom is -0.357 e. The molecule has 1 aliphatic heterocycles. The van der Waals surface area contributed by atoms with Crippen molar-refractivity contribution >= 4 is 10.9 Å². The standard InChI is InChI=1S/C17H18N4O/c1-11-18-16-6-7-21(10-14(16)17(22)19-11)9-13-8-12-4-2-3-5-15(12)20-13/h2-5,8,20H,6-7,9-10H2,1H3,(H,18,19,22). The predicted molar refractivity (Wildman–Crippen MR) is 85.7 cm³/mol. The van der Waals surface area contributed by atoms with Gasteiger partial charge in [0.2, 0.25) is 0 Å². The first kappa shape index (κ1) is 13.3. The highest BCUT2D eigenvalue weighted by Gasteiger charge is 2.21. The van der Waals surface area contributed by atoms with E-state index in [2.05, 4.69) is 38.1 Å². The molecule has 0 saturated heterocycles. The van der Waals surface area contributed by atoms with Gasteiger partial charge in [0, 0.05) is 37.3 Å². The Kier molecular flexibility index (Phi) is 3.08. The number of para-hydroxylation sites is 1. The molecule has 1 aromatic carbocycles. The van der Waals surface area contributed by atoms with E-state index in [0.29, 0.717) is 12.4 Å². The maximum absolute atomic E-state index is 12.1. The first-order valence-corrected chi connectivity index (χ1v) is 7.57. The van der Waals surface area contributed by atoms with E-state index < -0.39 is 0 Å². The summed E-state index contributed by atoms with van der Waals surface area (Å²) in [6.07, 6.45) is 0.834. The summed E-state index contributed by atoms with van der Waals surface area (Å²) >= 11 is 0. The molecule has 3 aromatic rings. The largest absolute Gasteiger partial charge is 0.357 e. The van der Waals surface area contributed by atoms with E-state index in [-0.39, 0.29) is 5.56 Å². The number of aryl methyl sites for hydroxylation is 1. The van der Waals surface area contributed by atoms with Crippen LogP contribution in [0.3, 0.4) is 0 Å². The van der Waals surface area contributed by atoms with Crippen molar-refractivity contribution in [2.75, 3.05) is 6.54 Å². The number of aromatic amines is 2. The molecule has 0 fully saturated rings. The van der Waals surface area contributed by atoms with Crippen LogP contribution < -0.4 is 5.56 Å². The molecule has 0 spiro atoms. The van der Waals surface area contributed by atoms with Crippen LogP contribution in [0.2, 0.25) is 0 Å². The fourth-order valence-electron chi connectivity index (χ4n) is 3.20. The zero-order chi connectivity index (χ0) is 15.1. The lowest BCUT2D eigenvalue weighted by atomic mass is 10.1. The highest BCUT2D eigenvalue weighted by Crippen LogP contribution is 2.19. The Hall–Kier alpha value is -2.40. The van der Waals surface area contributed by atoms with Crippen LogP contribution in [0.4, 0.5) is 0 Å². The topological polar surface area (TPSA) is 64.8 Å². The number of nitrogens with one attached hydrogen (secondary N) is 2. The Labute approximate surface area is 128 Å². The summed E-state index contributed by atoms with van der Waals surface area (Å²) in [4.78, 5) is 25.1. The van der Waals surface area contributed by atoms with E-state index in [9.17, 15) is 4.79 Å². The van der Waals surface area contributed by atoms with E-state index in [4.69, 9.17) is 0 Å². The molecule has 22 heavy (non-hydrogen) atoms. The minimum atomic E-state index is 0.00356. The number of hydrogen-bond donors (Lipinski definition) is 2. The van der Waals surface area contributed by atoms with Crippen molar-refractivity contribution in [1.29, 1.82) is 0 Å². The van der Waals surface area contributed by atoms with Gasteiger partial charge in [-0.15, -0.1) is 0 Å². The Morgan fingerprint density at radius 2 is 2.14 bits per heavy atom. The number of aromatic nitrogens is 3. The van der Waals surface area contributed by atoms with Gasteiger partial charge in [0.1, 0.15) is 5.82 Å². The molecule has 2 N–H and O–H groups in total. The van der Waals surface area contributed by atoms with Gasteiger partial charge >= 0.3 is 0 Å².